The molecule has 1 atom stereocenters. The minimum Gasteiger partial charge on any atom is -0.493 e. The quantitative estimate of drug-likeness (QED) is 0.782. The van der Waals surface area contributed by atoms with Crippen LogP contribution in [-0.2, 0) is 6.54 Å². The number of rotatable bonds is 5. The van der Waals surface area contributed by atoms with Crippen molar-refractivity contribution in [3.8, 4) is 11.5 Å². The zero-order valence-corrected chi connectivity index (χ0v) is 13.4. The molecule has 0 spiro atoms. The highest BCUT2D eigenvalue weighted by Crippen LogP contribution is 2.34. The van der Waals surface area contributed by atoms with Crippen molar-refractivity contribution in [1.29, 1.82) is 0 Å². The number of aromatic nitrogens is 2. The molecular formula is C15H21ClN2O2. The molecule has 0 saturated carbocycles. The Kier molecular flexibility index (Phi) is 4.43. The van der Waals surface area contributed by atoms with Crippen LogP contribution in [0.1, 0.15) is 32.0 Å². The van der Waals surface area contributed by atoms with Crippen LogP contribution in [0.4, 0.5) is 0 Å². The van der Waals surface area contributed by atoms with Crippen LogP contribution in [0, 0.1) is 5.92 Å². The van der Waals surface area contributed by atoms with E-state index in [1.807, 2.05) is 19.1 Å². The Morgan fingerprint density at radius 2 is 1.75 bits per heavy atom. The van der Waals surface area contributed by atoms with Crippen LogP contribution in [-0.4, -0.2) is 23.8 Å². The lowest BCUT2D eigenvalue weighted by atomic mass is 10.2. The van der Waals surface area contributed by atoms with E-state index < -0.39 is 0 Å². The predicted molar refractivity (Wildman–Crippen MR) is 81.9 cm³/mol. The molecule has 1 heterocycles. The van der Waals surface area contributed by atoms with E-state index in [0.29, 0.717) is 17.4 Å². The monoisotopic (exact) mass is 296 g/mol. The van der Waals surface area contributed by atoms with Gasteiger partial charge in [-0.1, -0.05) is 13.8 Å². The van der Waals surface area contributed by atoms with Crippen LogP contribution in [0.25, 0.3) is 11.0 Å². The first-order chi connectivity index (χ1) is 9.47. The molecule has 1 unspecified atom stereocenters. The Bertz CT molecular complexity index is 605. The summed E-state index contributed by atoms with van der Waals surface area (Å²) >= 11 is 6.26. The summed E-state index contributed by atoms with van der Waals surface area (Å²) in [6, 6.07) is 3.86. The second-order valence-electron chi connectivity index (χ2n) is 5.29. The Morgan fingerprint density at radius 3 is 2.25 bits per heavy atom. The van der Waals surface area contributed by atoms with E-state index in [1.165, 1.54) is 0 Å². The van der Waals surface area contributed by atoms with E-state index in [4.69, 9.17) is 21.1 Å². The molecule has 0 bridgehead atoms. The van der Waals surface area contributed by atoms with Gasteiger partial charge in [0.25, 0.3) is 0 Å². The molecule has 20 heavy (non-hydrogen) atoms. The molecule has 5 heteroatoms. The first-order valence-corrected chi connectivity index (χ1v) is 7.17. The van der Waals surface area contributed by atoms with Gasteiger partial charge in [-0.3, -0.25) is 0 Å². The van der Waals surface area contributed by atoms with E-state index >= 15 is 0 Å². The maximum absolute atomic E-state index is 6.26. The summed E-state index contributed by atoms with van der Waals surface area (Å²) in [5.74, 6) is 2.78. The highest BCUT2D eigenvalue weighted by molar-refractivity contribution is 6.20. The molecule has 2 aromatic rings. The fourth-order valence-electron chi connectivity index (χ4n) is 2.33. The maximum Gasteiger partial charge on any atom is 0.163 e. The number of benzene rings is 1. The summed E-state index contributed by atoms with van der Waals surface area (Å²) in [5.41, 5.74) is 1.91. The average molecular weight is 297 g/mol. The summed E-state index contributed by atoms with van der Waals surface area (Å²) in [7, 11) is 3.26. The highest BCUT2D eigenvalue weighted by Gasteiger charge is 2.18. The Hall–Kier alpha value is -1.42. The van der Waals surface area contributed by atoms with Crippen molar-refractivity contribution in [3.05, 3.63) is 18.0 Å². The van der Waals surface area contributed by atoms with E-state index in [2.05, 4.69) is 23.4 Å². The summed E-state index contributed by atoms with van der Waals surface area (Å²) in [4.78, 5) is 4.64. The minimum absolute atomic E-state index is 0.141. The third-order valence-corrected chi connectivity index (χ3v) is 3.38. The van der Waals surface area contributed by atoms with Crippen molar-refractivity contribution in [1.82, 2.24) is 9.55 Å². The minimum atomic E-state index is -0.141. The number of methoxy groups -OCH3 is 2. The van der Waals surface area contributed by atoms with E-state index in [-0.39, 0.29) is 5.38 Å². The van der Waals surface area contributed by atoms with Gasteiger partial charge in [0.1, 0.15) is 5.82 Å². The van der Waals surface area contributed by atoms with Gasteiger partial charge in [0.05, 0.1) is 30.6 Å². The van der Waals surface area contributed by atoms with Crippen molar-refractivity contribution in [2.75, 3.05) is 14.2 Å². The fourth-order valence-corrected chi connectivity index (χ4v) is 2.50. The molecule has 0 radical (unpaired) electrons. The lowest BCUT2D eigenvalue weighted by Gasteiger charge is -2.13. The molecule has 0 amide bonds. The van der Waals surface area contributed by atoms with Gasteiger partial charge < -0.3 is 14.0 Å². The normalized spacial score (nSPS) is 12.9. The average Bonchev–Trinajstić information content (AvgIpc) is 2.74. The zero-order valence-electron chi connectivity index (χ0n) is 12.6. The largest absolute Gasteiger partial charge is 0.493 e. The van der Waals surface area contributed by atoms with E-state index in [0.717, 1.165) is 23.4 Å². The molecule has 4 nitrogen and oxygen atoms in total. The first kappa shape index (κ1) is 15.0. The zero-order chi connectivity index (χ0) is 14.9. The van der Waals surface area contributed by atoms with Crippen LogP contribution < -0.4 is 9.47 Å². The Balaban J connectivity index is 2.68. The van der Waals surface area contributed by atoms with Crippen LogP contribution in [0.15, 0.2) is 12.1 Å². The smallest absolute Gasteiger partial charge is 0.163 e. The van der Waals surface area contributed by atoms with Gasteiger partial charge in [0, 0.05) is 18.7 Å². The molecule has 1 aromatic heterocycles. The maximum atomic E-state index is 6.26. The van der Waals surface area contributed by atoms with Gasteiger partial charge in [-0.15, -0.1) is 11.6 Å². The van der Waals surface area contributed by atoms with Crippen LogP contribution in [0.5, 0.6) is 11.5 Å². The summed E-state index contributed by atoms with van der Waals surface area (Å²) < 4.78 is 12.9. The molecule has 110 valence electrons. The van der Waals surface area contributed by atoms with Crippen molar-refractivity contribution in [2.24, 2.45) is 5.92 Å². The first-order valence-electron chi connectivity index (χ1n) is 6.74. The van der Waals surface area contributed by atoms with Crippen molar-refractivity contribution >= 4 is 22.6 Å². The van der Waals surface area contributed by atoms with E-state index in [9.17, 15) is 0 Å². The number of alkyl halides is 1. The summed E-state index contributed by atoms with van der Waals surface area (Å²) in [5, 5.41) is -0.141. The molecule has 2 rings (SSSR count). The van der Waals surface area contributed by atoms with Crippen molar-refractivity contribution < 1.29 is 9.47 Å². The molecular weight excluding hydrogens is 276 g/mol. The third kappa shape index (κ3) is 2.70. The van der Waals surface area contributed by atoms with Crippen molar-refractivity contribution in [2.45, 2.75) is 32.7 Å². The number of imidazole rings is 1. The summed E-state index contributed by atoms with van der Waals surface area (Å²) in [6.45, 7) is 7.16. The van der Waals surface area contributed by atoms with E-state index in [1.54, 1.807) is 14.2 Å². The molecule has 0 aliphatic heterocycles. The molecule has 1 aromatic carbocycles. The number of ether oxygens (including phenoxy) is 2. The number of fused-ring (bicyclic) bond motifs is 1. The third-order valence-electron chi connectivity index (χ3n) is 3.19. The van der Waals surface area contributed by atoms with Crippen LogP contribution in [0.3, 0.4) is 0 Å². The topological polar surface area (TPSA) is 36.3 Å². The highest BCUT2D eigenvalue weighted by atomic mass is 35.5. The molecule has 0 aliphatic rings. The predicted octanol–water partition coefficient (Wildman–Crippen LogP) is 4.01. The lowest BCUT2D eigenvalue weighted by Crippen LogP contribution is -2.09. The SMILES string of the molecule is COc1cc2nc(C(C)Cl)n(CC(C)C)c2cc1OC. The molecule has 0 aliphatic carbocycles. The van der Waals surface area contributed by atoms with Crippen LogP contribution in [0.2, 0.25) is 0 Å². The lowest BCUT2D eigenvalue weighted by molar-refractivity contribution is 0.355. The van der Waals surface area contributed by atoms with Gasteiger partial charge in [0.15, 0.2) is 11.5 Å². The molecule has 0 fully saturated rings. The van der Waals surface area contributed by atoms with Gasteiger partial charge in [-0.2, -0.15) is 0 Å². The number of hydrogen-bond acceptors (Lipinski definition) is 3. The molecule has 0 saturated heterocycles. The van der Waals surface area contributed by atoms with Gasteiger partial charge >= 0.3 is 0 Å². The Morgan fingerprint density at radius 1 is 1.15 bits per heavy atom. The summed E-state index contributed by atoms with van der Waals surface area (Å²) in [6.07, 6.45) is 0. The molecule has 0 N–H and O–H groups in total. The number of halogens is 1. The van der Waals surface area contributed by atoms with Gasteiger partial charge in [0.2, 0.25) is 0 Å². The van der Waals surface area contributed by atoms with Crippen molar-refractivity contribution in [3.63, 3.8) is 0 Å². The number of nitrogens with zero attached hydrogens (tertiary/aromatic N) is 2. The van der Waals surface area contributed by atoms with Gasteiger partial charge in [-0.25, -0.2) is 4.98 Å². The second kappa shape index (κ2) is 5.92. The Labute approximate surface area is 124 Å². The van der Waals surface area contributed by atoms with Gasteiger partial charge in [-0.05, 0) is 12.8 Å². The standard InChI is InChI=1S/C15H21ClN2O2/c1-9(2)8-18-12-7-14(20-5)13(19-4)6-11(12)17-15(18)10(3)16/h6-7,9-10H,8H2,1-5H3. The van der Waals surface area contributed by atoms with Crippen LogP contribution >= 0.6 is 11.6 Å². The second-order valence-corrected chi connectivity index (χ2v) is 5.94. The number of hydrogen-bond donors (Lipinski definition) is 0. The fraction of sp³-hybridized carbons (Fsp3) is 0.533.